The minimum absolute atomic E-state index is 0.00935. The Morgan fingerprint density at radius 3 is 2.65 bits per heavy atom. The highest BCUT2D eigenvalue weighted by Gasteiger charge is 2.44. The van der Waals surface area contributed by atoms with Crippen LogP contribution in [0.3, 0.4) is 0 Å². The number of aliphatic carboxylic acids is 1. The van der Waals surface area contributed by atoms with E-state index in [0.29, 0.717) is 4.47 Å². The molecule has 1 aliphatic heterocycles. The average Bonchev–Trinajstić information content (AvgIpc) is 2.71. The van der Waals surface area contributed by atoms with Gasteiger partial charge in [0.15, 0.2) is 0 Å². The molecule has 1 heterocycles. The van der Waals surface area contributed by atoms with Gasteiger partial charge in [-0.05, 0) is 18.2 Å². The molecule has 1 aliphatic rings. The average molecular weight is 385 g/mol. The zero-order chi connectivity index (χ0) is 15.1. The fraction of sp³-hybridized carbons (Fsp3) is 0.364. The van der Waals surface area contributed by atoms with Crippen molar-refractivity contribution in [3.05, 3.63) is 27.7 Å². The van der Waals surface area contributed by atoms with Gasteiger partial charge in [-0.1, -0.05) is 27.5 Å². The number of hydrogen-bond acceptors (Lipinski definition) is 4. The smallest absolute Gasteiger partial charge is 0.322 e. The van der Waals surface area contributed by atoms with Crippen molar-refractivity contribution in [1.29, 1.82) is 0 Å². The van der Waals surface area contributed by atoms with Gasteiger partial charge in [-0.15, -0.1) is 0 Å². The number of nitrogens with zero attached hydrogens (tertiary/aromatic N) is 1. The fourth-order valence-corrected chi connectivity index (χ4v) is 4.73. The normalized spacial score (nSPS) is 23.9. The summed E-state index contributed by atoms with van der Waals surface area (Å²) >= 11 is 9.07. The number of aliphatic hydroxyl groups excluding tert-OH is 1. The molecule has 1 aromatic rings. The van der Waals surface area contributed by atoms with E-state index in [1.807, 2.05) is 0 Å². The summed E-state index contributed by atoms with van der Waals surface area (Å²) in [6.45, 7) is -0.258. The molecular weight excluding hydrogens is 374 g/mol. The molecule has 2 atom stereocenters. The van der Waals surface area contributed by atoms with Crippen LogP contribution in [0.25, 0.3) is 0 Å². The number of carbonyl (C=O) groups is 1. The van der Waals surface area contributed by atoms with Crippen LogP contribution in [0.15, 0.2) is 27.6 Å². The third-order valence-electron chi connectivity index (χ3n) is 3.00. The van der Waals surface area contributed by atoms with Crippen LogP contribution in [0.2, 0.25) is 5.02 Å². The van der Waals surface area contributed by atoms with Crippen molar-refractivity contribution < 1.29 is 23.4 Å². The SMILES string of the molecule is O=C(O)[C@@H]1C[C@@H](O)CN1S(=O)(=O)c1ccc(Br)cc1Cl. The Hall–Kier alpha value is -0.670. The Bertz CT molecular complexity index is 650. The van der Waals surface area contributed by atoms with Crippen LogP contribution in [0.4, 0.5) is 0 Å². The van der Waals surface area contributed by atoms with Gasteiger partial charge in [0.1, 0.15) is 10.9 Å². The molecule has 0 saturated carbocycles. The molecule has 0 amide bonds. The van der Waals surface area contributed by atoms with Crippen LogP contribution in [-0.4, -0.2) is 47.6 Å². The molecule has 110 valence electrons. The van der Waals surface area contributed by atoms with E-state index in [4.69, 9.17) is 16.7 Å². The second-order valence-corrected chi connectivity index (χ2v) is 7.57. The highest BCUT2D eigenvalue weighted by molar-refractivity contribution is 9.10. The summed E-state index contributed by atoms with van der Waals surface area (Å²) < 4.78 is 26.3. The molecule has 0 bridgehead atoms. The second kappa shape index (κ2) is 5.61. The predicted molar refractivity (Wildman–Crippen MR) is 75.1 cm³/mol. The monoisotopic (exact) mass is 383 g/mol. The van der Waals surface area contributed by atoms with Gasteiger partial charge < -0.3 is 10.2 Å². The van der Waals surface area contributed by atoms with Crippen molar-refractivity contribution in [2.24, 2.45) is 0 Å². The maximum absolute atomic E-state index is 12.5. The Morgan fingerprint density at radius 1 is 1.45 bits per heavy atom. The van der Waals surface area contributed by atoms with Gasteiger partial charge in [0.05, 0.1) is 11.1 Å². The zero-order valence-corrected chi connectivity index (χ0v) is 13.2. The molecule has 2 N–H and O–H groups in total. The summed E-state index contributed by atoms with van der Waals surface area (Å²) in [5.41, 5.74) is 0. The van der Waals surface area contributed by atoms with Crippen molar-refractivity contribution >= 4 is 43.5 Å². The Kier molecular flexibility index (Phi) is 4.41. The number of aliphatic hydroxyl groups is 1. The Labute approximate surface area is 129 Å². The molecule has 6 nitrogen and oxygen atoms in total. The number of sulfonamides is 1. The number of β-amino-alcohol motifs (C(OH)–C–C–N with tert-alkyl or cyclic N) is 1. The molecule has 0 spiro atoms. The number of halogens is 2. The van der Waals surface area contributed by atoms with Gasteiger partial charge >= 0.3 is 5.97 Å². The van der Waals surface area contributed by atoms with Crippen LogP contribution < -0.4 is 0 Å². The van der Waals surface area contributed by atoms with Gasteiger partial charge in [-0.3, -0.25) is 4.79 Å². The van der Waals surface area contributed by atoms with Crippen LogP contribution in [-0.2, 0) is 14.8 Å². The van der Waals surface area contributed by atoms with E-state index >= 15 is 0 Å². The lowest BCUT2D eigenvalue weighted by molar-refractivity contribution is -0.140. The molecule has 9 heteroatoms. The topological polar surface area (TPSA) is 94.9 Å². The molecule has 20 heavy (non-hydrogen) atoms. The first-order chi connectivity index (χ1) is 9.23. The van der Waals surface area contributed by atoms with Crippen LogP contribution in [0.1, 0.15) is 6.42 Å². The zero-order valence-electron chi connectivity index (χ0n) is 10.0. The van der Waals surface area contributed by atoms with Crippen LogP contribution in [0.5, 0.6) is 0 Å². The third-order valence-corrected chi connectivity index (χ3v) is 5.85. The first kappa shape index (κ1) is 15.7. The van der Waals surface area contributed by atoms with Crippen molar-refractivity contribution in [3.8, 4) is 0 Å². The van der Waals surface area contributed by atoms with Gasteiger partial charge in [-0.2, -0.15) is 4.31 Å². The van der Waals surface area contributed by atoms with E-state index < -0.39 is 28.1 Å². The fourth-order valence-electron chi connectivity index (χ4n) is 2.09. The lowest BCUT2D eigenvalue weighted by Crippen LogP contribution is -2.40. The minimum Gasteiger partial charge on any atom is -0.480 e. The van der Waals surface area contributed by atoms with E-state index in [-0.39, 0.29) is 22.9 Å². The van der Waals surface area contributed by atoms with E-state index in [1.165, 1.54) is 18.2 Å². The molecule has 0 radical (unpaired) electrons. The van der Waals surface area contributed by atoms with E-state index in [1.54, 1.807) is 0 Å². The molecular formula is C11H11BrClNO5S. The van der Waals surface area contributed by atoms with E-state index in [2.05, 4.69) is 15.9 Å². The first-order valence-corrected chi connectivity index (χ1v) is 8.22. The molecule has 0 aliphatic carbocycles. The standard InChI is InChI=1S/C11H11BrClNO5S/c12-6-1-2-10(8(13)3-6)20(18,19)14-5-7(15)4-9(14)11(16)17/h1-3,7,9,15H,4-5H2,(H,16,17)/t7-,9+/m1/s1. The quantitative estimate of drug-likeness (QED) is 0.819. The van der Waals surface area contributed by atoms with Gasteiger partial charge in [-0.25, -0.2) is 8.42 Å². The van der Waals surface area contributed by atoms with Gasteiger partial charge in [0.25, 0.3) is 0 Å². The van der Waals surface area contributed by atoms with Crippen molar-refractivity contribution in [1.82, 2.24) is 4.31 Å². The summed E-state index contributed by atoms with van der Waals surface area (Å²) in [4.78, 5) is 10.9. The lowest BCUT2D eigenvalue weighted by Gasteiger charge is -2.21. The first-order valence-electron chi connectivity index (χ1n) is 5.61. The van der Waals surface area contributed by atoms with Crippen LogP contribution >= 0.6 is 27.5 Å². The molecule has 2 rings (SSSR count). The maximum Gasteiger partial charge on any atom is 0.322 e. The Morgan fingerprint density at radius 2 is 2.10 bits per heavy atom. The molecule has 1 fully saturated rings. The summed E-state index contributed by atoms with van der Waals surface area (Å²) in [5, 5.41) is 18.6. The molecule has 0 unspecified atom stereocenters. The summed E-state index contributed by atoms with van der Waals surface area (Å²) in [6, 6.07) is 2.93. The molecule has 0 aromatic heterocycles. The highest BCUT2D eigenvalue weighted by Crippen LogP contribution is 2.32. The summed E-state index contributed by atoms with van der Waals surface area (Å²) in [6.07, 6.45) is -1.14. The van der Waals surface area contributed by atoms with Gasteiger partial charge in [0.2, 0.25) is 10.0 Å². The van der Waals surface area contributed by atoms with Crippen molar-refractivity contribution in [2.75, 3.05) is 6.54 Å². The largest absolute Gasteiger partial charge is 0.480 e. The number of rotatable bonds is 3. The number of carboxylic acid groups (broad SMARTS) is 1. The van der Waals surface area contributed by atoms with E-state index in [9.17, 15) is 18.3 Å². The number of hydrogen-bond donors (Lipinski definition) is 2. The molecule has 1 aromatic carbocycles. The minimum atomic E-state index is -4.07. The lowest BCUT2D eigenvalue weighted by atomic mass is 10.2. The van der Waals surface area contributed by atoms with Crippen molar-refractivity contribution in [2.45, 2.75) is 23.5 Å². The maximum atomic E-state index is 12.5. The van der Waals surface area contributed by atoms with Crippen LogP contribution in [0, 0.1) is 0 Å². The Balaban J connectivity index is 2.46. The van der Waals surface area contributed by atoms with E-state index in [0.717, 1.165) is 4.31 Å². The molecule has 1 saturated heterocycles. The predicted octanol–water partition coefficient (Wildman–Crippen LogP) is 1.31. The number of carboxylic acids is 1. The van der Waals surface area contributed by atoms with Gasteiger partial charge in [0, 0.05) is 17.4 Å². The second-order valence-electron chi connectivity index (χ2n) is 4.39. The van der Waals surface area contributed by atoms with Crippen molar-refractivity contribution in [3.63, 3.8) is 0 Å². The highest BCUT2D eigenvalue weighted by atomic mass is 79.9. The third kappa shape index (κ3) is 2.84. The summed E-state index contributed by atoms with van der Waals surface area (Å²) in [5.74, 6) is -1.29. The number of benzene rings is 1. The summed E-state index contributed by atoms with van der Waals surface area (Å²) in [7, 11) is -4.07.